The lowest BCUT2D eigenvalue weighted by atomic mass is 9.67. The fraction of sp³-hybridized carbons (Fsp3) is 0.0169. The first-order valence-electron chi connectivity index (χ1n) is 21.1. The van der Waals surface area contributed by atoms with E-state index in [1.165, 1.54) is 71.5 Å². The van der Waals surface area contributed by atoms with E-state index in [-0.39, 0.29) is 0 Å². The first-order valence-corrected chi connectivity index (χ1v) is 21.1. The minimum atomic E-state index is -0.495. The summed E-state index contributed by atoms with van der Waals surface area (Å²) in [5.74, 6) is 0. The van der Waals surface area contributed by atoms with Gasteiger partial charge in [-0.1, -0.05) is 182 Å². The molecule has 2 heteroatoms. The van der Waals surface area contributed by atoms with Crippen molar-refractivity contribution in [2.75, 3.05) is 4.90 Å². The third-order valence-electron chi connectivity index (χ3n) is 12.8. The number of para-hydroxylation sites is 2. The molecule has 1 aliphatic rings. The van der Waals surface area contributed by atoms with Gasteiger partial charge in [0.25, 0.3) is 0 Å². The highest BCUT2D eigenvalue weighted by molar-refractivity contribution is 6.21. The Balaban J connectivity index is 1.11. The van der Waals surface area contributed by atoms with Crippen molar-refractivity contribution in [1.29, 1.82) is 0 Å². The van der Waals surface area contributed by atoms with Crippen LogP contribution < -0.4 is 4.90 Å². The van der Waals surface area contributed by atoms with Crippen molar-refractivity contribution in [3.05, 3.63) is 265 Å². The first-order chi connectivity index (χ1) is 30.3. The van der Waals surface area contributed by atoms with Crippen molar-refractivity contribution < 1.29 is 0 Å². The quantitative estimate of drug-likeness (QED) is 0.156. The molecule has 0 saturated carbocycles. The molecule has 1 aliphatic carbocycles. The molecule has 1 heterocycles. The monoisotopic (exact) mass is 776 g/mol. The van der Waals surface area contributed by atoms with Crippen LogP contribution in [0.2, 0.25) is 0 Å². The van der Waals surface area contributed by atoms with Gasteiger partial charge in [-0.25, -0.2) is 0 Å². The molecule has 0 aliphatic heterocycles. The van der Waals surface area contributed by atoms with Crippen LogP contribution in [-0.2, 0) is 5.41 Å². The number of benzene rings is 10. The highest BCUT2D eigenvalue weighted by Gasteiger charge is 2.46. The second kappa shape index (κ2) is 14.1. The lowest BCUT2D eigenvalue weighted by Crippen LogP contribution is -2.28. The lowest BCUT2D eigenvalue weighted by Gasteiger charge is -2.34. The normalized spacial score (nSPS) is 12.7. The number of nitrogens with zero attached hydrogens (tertiary/aromatic N) is 2. The van der Waals surface area contributed by atoms with Crippen LogP contribution in [0, 0.1) is 0 Å². The molecule has 0 unspecified atom stereocenters. The summed E-state index contributed by atoms with van der Waals surface area (Å²) < 4.78 is 2.51. The molecule has 2 nitrogen and oxygen atoms in total. The topological polar surface area (TPSA) is 8.17 Å². The van der Waals surface area contributed by atoms with Crippen LogP contribution in [0.25, 0.3) is 60.5 Å². The standard InChI is InChI=1S/C59H40N2/c1-5-20-44(21-6-1)59(45-22-7-2-8-23-45)54-31-16-15-30-51(54)52-36-34-49(40-55(52)59)61-56-37-33-41-18-13-14-29-50(41)58(56)53-35-32-43(39-57(53)61)42-19-17-28-48(38-42)60(46-24-9-3-10-25-46)47-26-11-4-12-27-47/h1-40H. The molecule has 12 rings (SSSR count). The largest absolute Gasteiger partial charge is 0.310 e. The van der Waals surface area contributed by atoms with Crippen LogP contribution in [0.5, 0.6) is 0 Å². The second-order valence-corrected chi connectivity index (χ2v) is 16.1. The minimum Gasteiger partial charge on any atom is -0.310 e. The van der Waals surface area contributed by atoms with Crippen LogP contribution in [0.15, 0.2) is 243 Å². The number of hydrogen-bond donors (Lipinski definition) is 0. The number of aromatic nitrogens is 1. The molecule has 61 heavy (non-hydrogen) atoms. The van der Waals surface area contributed by atoms with Crippen molar-refractivity contribution in [2.45, 2.75) is 5.41 Å². The van der Waals surface area contributed by atoms with Crippen molar-refractivity contribution in [2.24, 2.45) is 0 Å². The Labute approximate surface area is 355 Å². The van der Waals surface area contributed by atoms with E-state index >= 15 is 0 Å². The summed E-state index contributed by atoms with van der Waals surface area (Å²) in [5, 5.41) is 5.01. The fourth-order valence-corrected chi connectivity index (χ4v) is 10.2. The van der Waals surface area contributed by atoms with Gasteiger partial charge < -0.3 is 9.47 Å². The van der Waals surface area contributed by atoms with Crippen LogP contribution >= 0.6 is 0 Å². The van der Waals surface area contributed by atoms with Crippen LogP contribution in [0.4, 0.5) is 17.1 Å². The highest BCUT2D eigenvalue weighted by Crippen LogP contribution is 2.56. The SMILES string of the molecule is c1ccc(N(c2ccccc2)c2cccc(-c3ccc4c5c6ccccc6ccc5n(-c5ccc6c(c5)C(c5ccccc5)(c5ccccc5)c5ccccc5-6)c4c3)c2)cc1. The zero-order valence-electron chi connectivity index (χ0n) is 33.5. The Kier molecular flexibility index (Phi) is 8.11. The van der Waals surface area contributed by atoms with E-state index in [2.05, 4.69) is 252 Å². The Bertz CT molecular complexity index is 3330. The molecule has 0 spiro atoms. The van der Waals surface area contributed by atoms with Gasteiger partial charge in [-0.2, -0.15) is 0 Å². The molecule has 10 aromatic carbocycles. The molecule has 0 atom stereocenters. The molecule has 11 aromatic rings. The zero-order chi connectivity index (χ0) is 40.3. The minimum absolute atomic E-state index is 0.495. The molecule has 0 radical (unpaired) electrons. The van der Waals surface area contributed by atoms with Crippen LogP contribution in [0.3, 0.4) is 0 Å². The van der Waals surface area contributed by atoms with Crippen molar-refractivity contribution >= 4 is 49.6 Å². The molecule has 0 N–H and O–H groups in total. The highest BCUT2D eigenvalue weighted by atomic mass is 15.1. The van der Waals surface area contributed by atoms with Gasteiger partial charge in [-0.15, -0.1) is 0 Å². The van der Waals surface area contributed by atoms with Gasteiger partial charge in [0.15, 0.2) is 0 Å². The third kappa shape index (κ3) is 5.43. The summed E-state index contributed by atoms with van der Waals surface area (Å²) in [5.41, 5.74) is 16.4. The maximum atomic E-state index is 2.51. The van der Waals surface area contributed by atoms with E-state index in [9.17, 15) is 0 Å². The molecular weight excluding hydrogens is 737 g/mol. The molecule has 0 amide bonds. The molecule has 1 aromatic heterocycles. The van der Waals surface area contributed by atoms with E-state index in [1.54, 1.807) is 0 Å². The molecule has 286 valence electrons. The van der Waals surface area contributed by atoms with E-state index in [1.807, 2.05) is 0 Å². The Hall–Kier alpha value is -7.94. The van der Waals surface area contributed by atoms with Crippen LogP contribution in [0.1, 0.15) is 22.3 Å². The number of fused-ring (bicyclic) bond motifs is 8. The van der Waals surface area contributed by atoms with Gasteiger partial charge in [0.2, 0.25) is 0 Å². The molecule has 0 bridgehead atoms. The summed E-state index contributed by atoms with van der Waals surface area (Å²) in [7, 11) is 0. The maximum absolute atomic E-state index is 2.51. The summed E-state index contributed by atoms with van der Waals surface area (Å²) in [6.45, 7) is 0. The lowest BCUT2D eigenvalue weighted by molar-refractivity contribution is 0.767. The first kappa shape index (κ1) is 35.0. The van der Waals surface area contributed by atoms with E-state index < -0.39 is 5.41 Å². The molecule has 0 saturated heterocycles. The van der Waals surface area contributed by atoms with Crippen molar-refractivity contribution in [1.82, 2.24) is 4.57 Å². The zero-order valence-corrected chi connectivity index (χ0v) is 33.5. The smallest absolute Gasteiger partial charge is 0.0714 e. The maximum Gasteiger partial charge on any atom is 0.0714 e. The third-order valence-corrected chi connectivity index (χ3v) is 12.8. The van der Waals surface area contributed by atoms with E-state index in [0.29, 0.717) is 0 Å². The number of rotatable bonds is 7. The summed E-state index contributed by atoms with van der Waals surface area (Å²) in [4.78, 5) is 2.33. The Morgan fingerprint density at radius 2 is 0.934 bits per heavy atom. The summed E-state index contributed by atoms with van der Waals surface area (Å²) in [6.07, 6.45) is 0. The van der Waals surface area contributed by atoms with Gasteiger partial charge in [0, 0.05) is 33.5 Å². The van der Waals surface area contributed by atoms with Crippen molar-refractivity contribution in [3.63, 3.8) is 0 Å². The average molecular weight is 777 g/mol. The predicted octanol–water partition coefficient (Wildman–Crippen LogP) is 15.4. The molecule has 0 fully saturated rings. The second-order valence-electron chi connectivity index (χ2n) is 16.1. The fourth-order valence-electron chi connectivity index (χ4n) is 10.2. The average Bonchev–Trinajstić information content (AvgIpc) is 3.83. The van der Waals surface area contributed by atoms with Gasteiger partial charge in [0.05, 0.1) is 16.4 Å². The number of anilines is 3. The van der Waals surface area contributed by atoms with Crippen LogP contribution in [-0.4, -0.2) is 4.57 Å². The molecular formula is C59H40N2. The van der Waals surface area contributed by atoms with E-state index in [4.69, 9.17) is 0 Å². The van der Waals surface area contributed by atoms with E-state index in [0.717, 1.165) is 28.3 Å². The number of hydrogen-bond acceptors (Lipinski definition) is 1. The van der Waals surface area contributed by atoms with Gasteiger partial charge in [-0.3, -0.25) is 0 Å². The van der Waals surface area contributed by atoms with Gasteiger partial charge in [-0.05, 0) is 116 Å². The van der Waals surface area contributed by atoms with Gasteiger partial charge in [0.1, 0.15) is 0 Å². The van der Waals surface area contributed by atoms with Gasteiger partial charge >= 0.3 is 0 Å². The predicted molar refractivity (Wildman–Crippen MR) is 256 cm³/mol. The summed E-state index contributed by atoms with van der Waals surface area (Å²) in [6, 6.07) is 89.0. The summed E-state index contributed by atoms with van der Waals surface area (Å²) >= 11 is 0. The Morgan fingerprint density at radius 3 is 1.66 bits per heavy atom. The van der Waals surface area contributed by atoms with Crippen molar-refractivity contribution in [3.8, 4) is 27.9 Å². The Morgan fingerprint density at radius 1 is 0.344 bits per heavy atom.